The maximum Gasteiger partial charge on any atom is 0.318 e. The summed E-state index contributed by atoms with van der Waals surface area (Å²) in [5, 5.41) is 10.1. The Hall–Kier alpha value is -1.07. The smallest absolute Gasteiger partial charge is 0.318 e. The zero-order valence-electron chi connectivity index (χ0n) is 9.93. The molecule has 1 aromatic rings. The third-order valence-corrected chi connectivity index (χ3v) is 3.36. The number of aromatic nitrogens is 2. The molecule has 94 valence electrons. The highest BCUT2D eigenvalue weighted by atomic mass is 35.5. The molecule has 2 rings (SSSR count). The van der Waals surface area contributed by atoms with Crippen molar-refractivity contribution < 1.29 is 9.84 Å². The summed E-state index contributed by atoms with van der Waals surface area (Å²) in [7, 11) is 1.52. The number of hydrogen-bond acceptors (Lipinski definition) is 5. The fourth-order valence-corrected chi connectivity index (χ4v) is 2.25. The van der Waals surface area contributed by atoms with Gasteiger partial charge in [-0.2, -0.15) is 4.98 Å². The average molecular weight is 258 g/mol. The molecule has 1 aliphatic heterocycles. The van der Waals surface area contributed by atoms with Crippen molar-refractivity contribution >= 4 is 17.4 Å². The maximum atomic E-state index is 9.57. The topological polar surface area (TPSA) is 58.5 Å². The molecule has 0 bridgehead atoms. The Morgan fingerprint density at radius 1 is 1.65 bits per heavy atom. The molecule has 17 heavy (non-hydrogen) atoms. The quantitative estimate of drug-likeness (QED) is 0.886. The highest BCUT2D eigenvalue weighted by molar-refractivity contribution is 6.32. The average Bonchev–Trinajstić information content (AvgIpc) is 2.79. The normalized spacial score (nSPS) is 21.6. The monoisotopic (exact) mass is 257 g/mol. The molecule has 1 saturated heterocycles. The van der Waals surface area contributed by atoms with Crippen LogP contribution >= 0.6 is 11.6 Å². The highest BCUT2D eigenvalue weighted by Crippen LogP contribution is 2.30. The number of aliphatic hydroxyl groups excluding tert-OH is 1. The lowest BCUT2D eigenvalue weighted by molar-refractivity contribution is 0.136. The van der Waals surface area contributed by atoms with Crippen LogP contribution < -0.4 is 9.64 Å². The van der Waals surface area contributed by atoms with Gasteiger partial charge in [-0.05, 0) is 13.3 Å². The van der Waals surface area contributed by atoms with E-state index < -0.39 is 0 Å². The molecule has 2 heterocycles. The fraction of sp³-hybridized carbons (Fsp3) is 0.636. The number of anilines is 1. The standard InChI is InChI=1S/C11H16ClN3O2/c1-7(16)8-3-4-15(6-8)10-9(12)5-13-11(14-10)17-2/h5,7-8,16H,3-4,6H2,1-2H3. The first kappa shape index (κ1) is 12.4. The van der Waals surface area contributed by atoms with Crippen molar-refractivity contribution in [2.45, 2.75) is 19.4 Å². The van der Waals surface area contributed by atoms with E-state index in [0.29, 0.717) is 16.9 Å². The van der Waals surface area contributed by atoms with Crippen molar-refractivity contribution in [3.63, 3.8) is 0 Å². The van der Waals surface area contributed by atoms with Gasteiger partial charge < -0.3 is 14.7 Å². The van der Waals surface area contributed by atoms with Crippen LogP contribution in [0.15, 0.2) is 6.20 Å². The molecule has 2 atom stereocenters. The number of ether oxygens (including phenoxy) is 1. The summed E-state index contributed by atoms with van der Waals surface area (Å²) in [5.41, 5.74) is 0. The molecule has 0 saturated carbocycles. The minimum atomic E-state index is -0.303. The number of methoxy groups -OCH3 is 1. The van der Waals surface area contributed by atoms with Gasteiger partial charge in [0.1, 0.15) is 5.02 Å². The van der Waals surface area contributed by atoms with E-state index in [2.05, 4.69) is 14.9 Å². The Morgan fingerprint density at radius 2 is 2.41 bits per heavy atom. The molecule has 2 unspecified atom stereocenters. The van der Waals surface area contributed by atoms with E-state index in [1.807, 2.05) is 6.92 Å². The van der Waals surface area contributed by atoms with Crippen molar-refractivity contribution in [3.05, 3.63) is 11.2 Å². The van der Waals surface area contributed by atoms with Gasteiger partial charge in [0.15, 0.2) is 5.82 Å². The summed E-state index contributed by atoms with van der Waals surface area (Å²) in [5.74, 6) is 0.952. The van der Waals surface area contributed by atoms with Crippen LogP contribution in [0.1, 0.15) is 13.3 Å². The van der Waals surface area contributed by atoms with E-state index in [4.69, 9.17) is 16.3 Å². The van der Waals surface area contributed by atoms with Crippen LogP contribution in [0.3, 0.4) is 0 Å². The van der Waals surface area contributed by atoms with Gasteiger partial charge in [-0.15, -0.1) is 0 Å². The molecular formula is C11H16ClN3O2. The molecule has 0 spiro atoms. The van der Waals surface area contributed by atoms with Crippen LogP contribution in [0.2, 0.25) is 5.02 Å². The molecule has 1 N–H and O–H groups in total. The van der Waals surface area contributed by atoms with Gasteiger partial charge in [0, 0.05) is 19.0 Å². The van der Waals surface area contributed by atoms with Crippen molar-refractivity contribution in [2.75, 3.05) is 25.1 Å². The summed E-state index contributed by atoms with van der Waals surface area (Å²) in [6.07, 6.45) is 2.18. The molecule has 0 radical (unpaired) electrons. The number of aliphatic hydroxyl groups is 1. The van der Waals surface area contributed by atoms with Gasteiger partial charge in [-0.1, -0.05) is 11.6 Å². The Kier molecular flexibility index (Phi) is 3.69. The Morgan fingerprint density at radius 3 is 3.00 bits per heavy atom. The third-order valence-electron chi connectivity index (χ3n) is 3.09. The van der Waals surface area contributed by atoms with Crippen LogP contribution in [0.4, 0.5) is 5.82 Å². The molecule has 1 aromatic heterocycles. The first-order valence-electron chi connectivity index (χ1n) is 5.61. The summed E-state index contributed by atoms with van der Waals surface area (Å²) in [4.78, 5) is 10.2. The number of halogens is 1. The van der Waals surface area contributed by atoms with Gasteiger partial charge >= 0.3 is 6.01 Å². The van der Waals surface area contributed by atoms with E-state index in [9.17, 15) is 5.11 Å². The summed E-state index contributed by atoms with van der Waals surface area (Å²) in [6, 6.07) is 0.310. The number of rotatable bonds is 3. The van der Waals surface area contributed by atoms with Gasteiger partial charge in [-0.25, -0.2) is 4.98 Å². The SMILES string of the molecule is COc1ncc(Cl)c(N2CCC(C(C)O)C2)n1. The zero-order chi connectivity index (χ0) is 12.4. The summed E-state index contributed by atoms with van der Waals surface area (Å²) in [6.45, 7) is 3.42. The van der Waals surface area contributed by atoms with Crippen LogP contribution in [-0.4, -0.2) is 41.4 Å². The molecule has 6 heteroatoms. The number of nitrogens with zero attached hydrogens (tertiary/aromatic N) is 3. The predicted octanol–water partition coefficient (Wildman–Crippen LogP) is 1.35. The van der Waals surface area contributed by atoms with E-state index in [-0.39, 0.29) is 12.0 Å². The van der Waals surface area contributed by atoms with Gasteiger partial charge in [0.05, 0.1) is 19.4 Å². The summed E-state index contributed by atoms with van der Waals surface area (Å²) < 4.78 is 4.99. The van der Waals surface area contributed by atoms with Crippen molar-refractivity contribution in [1.29, 1.82) is 0 Å². The van der Waals surface area contributed by atoms with E-state index in [1.54, 1.807) is 6.20 Å². The number of hydrogen-bond donors (Lipinski definition) is 1. The van der Waals surface area contributed by atoms with Crippen LogP contribution in [0.25, 0.3) is 0 Å². The van der Waals surface area contributed by atoms with E-state index >= 15 is 0 Å². The third kappa shape index (κ3) is 2.61. The molecule has 0 aromatic carbocycles. The minimum Gasteiger partial charge on any atom is -0.467 e. The van der Waals surface area contributed by atoms with Gasteiger partial charge in [0.25, 0.3) is 0 Å². The van der Waals surface area contributed by atoms with Crippen LogP contribution in [-0.2, 0) is 0 Å². The lowest BCUT2D eigenvalue weighted by atomic mass is 10.0. The van der Waals surface area contributed by atoms with E-state index in [0.717, 1.165) is 19.5 Å². The molecule has 1 aliphatic rings. The molecule has 1 fully saturated rings. The van der Waals surface area contributed by atoms with Crippen molar-refractivity contribution in [3.8, 4) is 6.01 Å². The first-order chi connectivity index (χ1) is 8.11. The molecular weight excluding hydrogens is 242 g/mol. The second kappa shape index (κ2) is 5.06. The lowest BCUT2D eigenvalue weighted by Crippen LogP contribution is -2.25. The zero-order valence-corrected chi connectivity index (χ0v) is 10.7. The van der Waals surface area contributed by atoms with Crippen LogP contribution in [0, 0.1) is 5.92 Å². The Labute approximate surface area is 105 Å². The minimum absolute atomic E-state index is 0.270. The predicted molar refractivity (Wildman–Crippen MR) is 65.6 cm³/mol. The van der Waals surface area contributed by atoms with Gasteiger partial charge in [0.2, 0.25) is 0 Å². The van der Waals surface area contributed by atoms with Crippen LogP contribution in [0.5, 0.6) is 6.01 Å². The fourth-order valence-electron chi connectivity index (χ4n) is 2.04. The molecule has 0 aliphatic carbocycles. The second-order valence-corrected chi connectivity index (χ2v) is 4.67. The highest BCUT2D eigenvalue weighted by Gasteiger charge is 2.28. The summed E-state index contributed by atoms with van der Waals surface area (Å²) >= 11 is 6.08. The van der Waals surface area contributed by atoms with Crippen molar-refractivity contribution in [1.82, 2.24) is 9.97 Å². The van der Waals surface area contributed by atoms with Crippen molar-refractivity contribution in [2.24, 2.45) is 5.92 Å². The van der Waals surface area contributed by atoms with Gasteiger partial charge in [-0.3, -0.25) is 0 Å². The lowest BCUT2D eigenvalue weighted by Gasteiger charge is -2.19. The molecule has 0 amide bonds. The second-order valence-electron chi connectivity index (χ2n) is 4.26. The van der Waals surface area contributed by atoms with E-state index in [1.165, 1.54) is 7.11 Å². The Balaban J connectivity index is 2.18. The molecule has 5 nitrogen and oxygen atoms in total. The first-order valence-corrected chi connectivity index (χ1v) is 5.99. The largest absolute Gasteiger partial charge is 0.467 e. The maximum absolute atomic E-state index is 9.57. The Bertz CT molecular complexity index is 400.